The standard InChI is InChI=1S/C24H24N6/c1-15-24(28-29-27-15)17-9-10-25-22(11-17)23-13-30(14-26-23)12-18-7-8-21-19(16-5-6-16)3-2-4-20(18)21/h2-4,9-11,13-14,16,18H,5-8,12H2,1H3,(H,27,28,29)/t18-/m0/s1. The molecule has 1 N–H and O–H groups in total. The highest BCUT2D eigenvalue weighted by Crippen LogP contribution is 2.46. The average Bonchev–Trinajstić information content (AvgIpc) is 3.15. The van der Waals surface area contributed by atoms with Crippen LogP contribution in [-0.2, 0) is 13.0 Å². The number of fused-ring (bicyclic) bond motifs is 1. The lowest BCUT2D eigenvalue weighted by Gasteiger charge is -2.13. The quantitative estimate of drug-likeness (QED) is 0.533. The lowest BCUT2D eigenvalue weighted by molar-refractivity contribution is 0.555. The van der Waals surface area contributed by atoms with Gasteiger partial charge in [-0.05, 0) is 67.3 Å². The SMILES string of the molecule is Cc1[nH]nnc1-c1ccnc(-c2cn(C[C@@H]3CCc4c(C5CC5)cccc43)cn2)c1. The highest BCUT2D eigenvalue weighted by Gasteiger charge is 2.31. The largest absolute Gasteiger partial charge is 0.336 e. The van der Waals surface area contributed by atoms with Gasteiger partial charge in [0.05, 0.1) is 17.7 Å². The molecule has 1 fully saturated rings. The molecule has 0 saturated heterocycles. The van der Waals surface area contributed by atoms with Crippen LogP contribution in [0.1, 0.15) is 53.5 Å². The first-order chi connectivity index (χ1) is 14.8. The van der Waals surface area contributed by atoms with Crippen molar-refractivity contribution >= 4 is 0 Å². The number of rotatable bonds is 5. The van der Waals surface area contributed by atoms with Gasteiger partial charge in [-0.2, -0.15) is 0 Å². The Morgan fingerprint density at radius 1 is 1.07 bits per heavy atom. The molecule has 0 aliphatic heterocycles. The summed E-state index contributed by atoms with van der Waals surface area (Å²) in [5.41, 5.74) is 9.34. The molecule has 1 saturated carbocycles. The molecule has 0 radical (unpaired) electrons. The van der Waals surface area contributed by atoms with Gasteiger partial charge < -0.3 is 4.57 Å². The maximum Gasteiger partial charge on any atom is 0.115 e. The van der Waals surface area contributed by atoms with Gasteiger partial charge in [0.2, 0.25) is 0 Å². The molecule has 3 aromatic heterocycles. The van der Waals surface area contributed by atoms with E-state index in [0.717, 1.165) is 40.8 Å². The molecule has 30 heavy (non-hydrogen) atoms. The number of imidazole rings is 1. The van der Waals surface area contributed by atoms with Crippen molar-refractivity contribution in [3.8, 4) is 22.6 Å². The number of hydrogen-bond donors (Lipinski definition) is 1. The molecule has 0 spiro atoms. The minimum atomic E-state index is 0.567. The normalized spacial score (nSPS) is 18.0. The fourth-order valence-corrected chi connectivity index (χ4v) is 4.85. The molecule has 2 aliphatic rings. The third kappa shape index (κ3) is 3.03. The van der Waals surface area contributed by atoms with E-state index in [1.165, 1.54) is 25.7 Å². The van der Waals surface area contributed by atoms with Crippen LogP contribution in [0.25, 0.3) is 22.6 Å². The Hall–Kier alpha value is -3.28. The van der Waals surface area contributed by atoms with Crippen LogP contribution < -0.4 is 0 Å². The maximum atomic E-state index is 4.64. The van der Waals surface area contributed by atoms with Gasteiger partial charge in [0.15, 0.2) is 0 Å². The first kappa shape index (κ1) is 17.6. The van der Waals surface area contributed by atoms with E-state index in [4.69, 9.17) is 0 Å². The van der Waals surface area contributed by atoms with Crippen LogP contribution >= 0.6 is 0 Å². The number of aromatic amines is 1. The molecule has 4 aromatic rings. The predicted octanol–water partition coefficient (Wildman–Crippen LogP) is 4.65. The first-order valence-electron chi connectivity index (χ1n) is 10.7. The summed E-state index contributed by atoms with van der Waals surface area (Å²) in [6.07, 6.45) is 11.0. The predicted molar refractivity (Wildman–Crippen MR) is 115 cm³/mol. The summed E-state index contributed by atoms with van der Waals surface area (Å²) in [4.78, 5) is 9.18. The van der Waals surface area contributed by atoms with Crippen molar-refractivity contribution < 1.29 is 0 Å². The fourth-order valence-electron chi connectivity index (χ4n) is 4.85. The van der Waals surface area contributed by atoms with Crippen LogP contribution in [0.15, 0.2) is 49.1 Å². The van der Waals surface area contributed by atoms with Crippen molar-refractivity contribution in [1.29, 1.82) is 0 Å². The molecule has 1 aromatic carbocycles. The van der Waals surface area contributed by atoms with Gasteiger partial charge in [0.25, 0.3) is 0 Å². The number of pyridine rings is 1. The summed E-state index contributed by atoms with van der Waals surface area (Å²) in [6.45, 7) is 2.94. The van der Waals surface area contributed by atoms with E-state index in [2.05, 4.69) is 54.3 Å². The van der Waals surface area contributed by atoms with Gasteiger partial charge in [0.1, 0.15) is 11.4 Å². The van der Waals surface area contributed by atoms with E-state index in [-0.39, 0.29) is 0 Å². The summed E-state index contributed by atoms with van der Waals surface area (Å²) in [7, 11) is 0. The lowest BCUT2D eigenvalue weighted by Crippen LogP contribution is -2.05. The minimum Gasteiger partial charge on any atom is -0.336 e. The first-order valence-corrected chi connectivity index (χ1v) is 10.7. The van der Waals surface area contributed by atoms with E-state index < -0.39 is 0 Å². The lowest BCUT2D eigenvalue weighted by atomic mass is 9.96. The molecular weight excluding hydrogens is 372 g/mol. The molecule has 0 amide bonds. The second-order valence-electron chi connectivity index (χ2n) is 8.60. The Balaban J connectivity index is 1.25. The molecular formula is C24H24N6. The molecule has 150 valence electrons. The zero-order valence-electron chi connectivity index (χ0n) is 17.0. The molecule has 0 unspecified atom stereocenters. The summed E-state index contributed by atoms with van der Waals surface area (Å²) in [5, 5.41) is 11.0. The minimum absolute atomic E-state index is 0.567. The van der Waals surface area contributed by atoms with Crippen LogP contribution in [0.4, 0.5) is 0 Å². The Morgan fingerprint density at radius 2 is 1.97 bits per heavy atom. The smallest absolute Gasteiger partial charge is 0.115 e. The molecule has 2 aliphatic carbocycles. The fraction of sp³-hybridized carbons (Fsp3) is 0.333. The Bertz CT molecular complexity index is 1220. The van der Waals surface area contributed by atoms with Gasteiger partial charge in [0, 0.05) is 30.4 Å². The van der Waals surface area contributed by atoms with Crippen molar-refractivity contribution in [2.75, 3.05) is 0 Å². The number of nitrogens with one attached hydrogen (secondary N) is 1. The number of nitrogens with zero attached hydrogens (tertiary/aromatic N) is 5. The van der Waals surface area contributed by atoms with Gasteiger partial charge >= 0.3 is 0 Å². The Labute approximate surface area is 175 Å². The maximum absolute atomic E-state index is 4.64. The van der Waals surface area contributed by atoms with Crippen LogP contribution in [0.2, 0.25) is 0 Å². The second-order valence-corrected chi connectivity index (χ2v) is 8.60. The monoisotopic (exact) mass is 396 g/mol. The highest BCUT2D eigenvalue weighted by atomic mass is 15.3. The van der Waals surface area contributed by atoms with Gasteiger partial charge in [-0.1, -0.05) is 23.4 Å². The van der Waals surface area contributed by atoms with Crippen LogP contribution in [0.5, 0.6) is 0 Å². The Morgan fingerprint density at radius 3 is 2.80 bits per heavy atom. The number of benzene rings is 1. The van der Waals surface area contributed by atoms with Crippen molar-refractivity contribution in [2.24, 2.45) is 0 Å². The van der Waals surface area contributed by atoms with Crippen molar-refractivity contribution in [3.05, 3.63) is 71.4 Å². The zero-order chi connectivity index (χ0) is 20.1. The van der Waals surface area contributed by atoms with E-state index in [0.29, 0.717) is 5.92 Å². The van der Waals surface area contributed by atoms with Crippen molar-refractivity contribution in [1.82, 2.24) is 29.9 Å². The third-order valence-corrected chi connectivity index (χ3v) is 6.53. The Kier molecular flexibility index (Phi) is 4.04. The summed E-state index contributed by atoms with van der Waals surface area (Å²) >= 11 is 0. The van der Waals surface area contributed by atoms with Crippen LogP contribution in [0, 0.1) is 6.92 Å². The van der Waals surface area contributed by atoms with Crippen LogP contribution in [-0.4, -0.2) is 29.9 Å². The van der Waals surface area contributed by atoms with Crippen molar-refractivity contribution in [3.63, 3.8) is 0 Å². The number of aryl methyl sites for hydroxylation is 1. The molecule has 1 atom stereocenters. The number of aromatic nitrogens is 6. The van der Waals surface area contributed by atoms with Gasteiger partial charge in [-0.3, -0.25) is 10.1 Å². The summed E-state index contributed by atoms with van der Waals surface area (Å²) in [6, 6.07) is 10.9. The molecule has 3 heterocycles. The van der Waals surface area contributed by atoms with E-state index in [1.807, 2.05) is 31.6 Å². The topological polar surface area (TPSA) is 72.3 Å². The number of H-pyrrole nitrogens is 1. The van der Waals surface area contributed by atoms with Gasteiger partial charge in [-0.15, -0.1) is 5.10 Å². The van der Waals surface area contributed by atoms with E-state index in [9.17, 15) is 0 Å². The van der Waals surface area contributed by atoms with Gasteiger partial charge in [-0.25, -0.2) is 4.98 Å². The summed E-state index contributed by atoms with van der Waals surface area (Å²) < 4.78 is 2.22. The van der Waals surface area contributed by atoms with E-state index >= 15 is 0 Å². The van der Waals surface area contributed by atoms with E-state index in [1.54, 1.807) is 16.7 Å². The zero-order valence-corrected chi connectivity index (χ0v) is 17.0. The molecule has 0 bridgehead atoms. The third-order valence-electron chi connectivity index (χ3n) is 6.53. The average molecular weight is 396 g/mol. The van der Waals surface area contributed by atoms with Crippen LogP contribution in [0.3, 0.4) is 0 Å². The number of hydrogen-bond acceptors (Lipinski definition) is 4. The molecule has 6 nitrogen and oxygen atoms in total. The second kappa shape index (κ2) is 6.90. The van der Waals surface area contributed by atoms with Crippen molar-refractivity contribution in [2.45, 2.75) is 51.0 Å². The molecule has 6 rings (SSSR count). The summed E-state index contributed by atoms with van der Waals surface area (Å²) in [5.74, 6) is 1.39. The highest BCUT2D eigenvalue weighted by molar-refractivity contribution is 5.67. The molecule has 6 heteroatoms.